The number of pyridine rings is 1. The van der Waals surface area contributed by atoms with Crippen LogP contribution in [0.25, 0.3) is 0 Å². The summed E-state index contributed by atoms with van der Waals surface area (Å²) in [5.41, 5.74) is 0.704. The summed E-state index contributed by atoms with van der Waals surface area (Å²) in [4.78, 5) is 4.01. The highest BCUT2D eigenvalue weighted by molar-refractivity contribution is 7.87. The Morgan fingerprint density at radius 3 is 2.61 bits per heavy atom. The Labute approximate surface area is 108 Å². The highest BCUT2D eigenvalue weighted by atomic mass is 32.2. The van der Waals surface area contributed by atoms with Crippen molar-refractivity contribution < 1.29 is 13.2 Å². The molecule has 0 spiro atoms. The van der Waals surface area contributed by atoms with Crippen LogP contribution in [-0.2, 0) is 16.8 Å². The van der Waals surface area contributed by atoms with Crippen molar-refractivity contribution in [2.45, 2.75) is 20.4 Å². The lowest BCUT2D eigenvalue weighted by atomic mass is 10.3. The zero-order chi connectivity index (χ0) is 13.6. The molecule has 0 aliphatic rings. The quantitative estimate of drug-likeness (QED) is 0.796. The first-order chi connectivity index (χ1) is 8.55. The maximum Gasteiger partial charge on any atom is 0.279 e. The Morgan fingerprint density at radius 2 is 2.06 bits per heavy atom. The van der Waals surface area contributed by atoms with Crippen LogP contribution >= 0.6 is 0 Å². The highest BCUT2D eigenvalue weighted by Crippen LogP contribution is 2.13. The van der Waals surface area contributed by atoms with Gasteiger partial charge in [-0.25, -0.2) is 4.98 Å². The van der Waals surface area contributed by atoms with Crippen molar-refractivity contribution in [2.75, 3.05) is 20.2 Å². The van der Waals surface area contributed by atoms with Crippen molar-refractivity contribution >= 4 is 10.2 Å². The first kappa shape index (κ1) is 14.9. The first-order valence-corrected chi connectivity index (χ1v) is 7.21. The summed E-state index contributed by atoms with van der Waals surface area (Å²) in [5.74, 6) is 0.430. The molecule has 0 unspecified atom stereocenters. The monoisotopic (exact) mass is 273 g/mol. The Hall–Kier alpha value is -1.18. The number of methoxy groups -OCH3 is 1. The van der Waals surface area contributed by atoms with Gasteiger partial charge >= 0.3 is 0 Å². The van der Waals surface area contributed by atoms with Gasteiger partial charge in [-0.2, -0.15) is 17.4 Å². The number of rotatable bonds is 7. The number of aromatic nitrogens is 1. The predicted octanol–water partition coefficient (Wildman–Crippen LogP) is 0.766. The summed E-state index contributed by atoms with van der Waals surface area (Å²) in [5, 5.41) is 0. The van der Waals surface area contributed by atoms with Gasteiger partial charge in [0.15, 0.2) is 0 Å². The van der Waals surface area contributed by atoms with Crippen LogP contribution in [0.2, 0.25) is 0 Å². The Morgan fingerprint density at radius 1 is 1.39 bits per heavy atom. The van der Waals surface area contributed by atoms with E-state index < -0.39 is 10.2 Å². The molecule has 0 saturated heterocycles. The van der Waals surface area contributed by atoms with E-state index in [-0.39, 0.29) is 6.54 Å². The lowest BCUT2D eigenvalue weighted by Gasteiger charge is -2.19. The molecular weight excluding hydrogens is 254 g/mol. The van der Waals surface area contributed by atoms with Crippen LogP contribution in [-0.4, -0.2) is 37.9 Å². The smallest absolute Gasteiger partial charge is 0.279 e. The first-order valence-electron chi connectivity index (χ1n) is 5.77. The molecule has 1 aromatic heterocycles. The minimum Gasteiger partial charge on any atom is -0.481 e. The molecule has 0 amide bonds. The van der Waals surface area contributed by atoms with Crippen LogP contribution in [0.4, 0.5) is 0 Å². The molecule has 0 atom stereocenters. The summed E-state index contributed by atoms with van der Waals surface area (Å²) < 4.78 is 32.8. The molecule has 1 rings (SSSR count). The Balaban J connectivity index is 2.76. The van der Waals surface area contributed by atoms with E-state index in [1.54, 1.807) is 32.2 Å². The number of hydrogen-bond donors (Lipinski definition) is 1. The van der Waals surface area contributed by atoms with Crippen LogP contribution in [0.3, 0.4) is 0 Å². The van der Waals surface area contributed by atoms with Gasteiger partial charge < -0.3 is 4.74 Å². The molecule has 0 fully saturated rings. The van der Waals surface area contributed by atoms with Crippen molar-refractivity contribution in [2.24, 2.45) is 0 Å². The molecule has 1 heterocycles. The third kappa shape index (κ3) is 3.66. The minimum atomic E-state index is -3.45. The van der Waals surface area contributed by atoms with Gasteiger partial charge in [0.2, 0.25) is 5.88 Å². The fraction of sp³-hybridized carbons (Fsp3) is 0.545. The normalized spacial score (nSPS) is 11.8. The van der Waals surface area contributed by atoms with Crippen molar-refractivity contribution in [1.29, 1.82) is 0 Å². The van der Waals surface area contributed by atoms with E-state index in [4.69, 9.17) is 4.74 Å². The second-order valence-corrected chi connectivity index (χ2v) is 5.34. The van der Waals surface area contributed by atoms with Gasteiger partial charge in [-0.05, 0) is 6.07 Å². The molecule has 0 aliphatic carbocycles. The zero-order valence-corrected chi connectivity index (χ0v) is 11.7. The van der Waals surface area contributed by atoms with Crippen molar-refractivity contribution in [3.05, 3.63) is 23.9 Å². The number of ether oxygens (including phenoxy) is 1. The second kappa shape index (κ2) is 6.67. The lowest BCUT2D eigenvalue weighted by Crippen LogP contribution is -2.40. The van der Waals surface area contributed by atoms with E-state index in [0.29, 0.717) is 24.5 Å². The third-order valence-electron chi connectivity index (χ3n) is 2.53. The summed E-state index contributed by atoms with van der Waals surface area (Å²) in [6, 6.07) is 3.51. The third-order valence-corrected chi connectivity index (χ3v) is 4.24. The van der Waals surface area contributed by atoms with Gasteiger partial charge in [-0.3, -0.25) is 0 Å². The maximum atomic E-state index is 11.9. The molecule has 0 aliphatic heterocycles. The van der Waals surface area contributed by atoms with Gasteiger partial charge in [0, 0.05) is 31.4 Å². The molecule has 1 aromatic rings. The van der Waals surface area contributed by atoms with E-state index in [1.807, 2.05) is 0 Å². The molecule has 0 saturated carbocycles. The minimum absolute atomic E-state index is 0.163. The van der Waals surface area contributed by atoms with Gasteiger partial charge in [-0.15, -0.1) is 0 Å². The molecule has 0 bridgehead atoms. The van der Waals surface area contributed by atoms with E-state index >= 15 is 0 Å². The van der Waals surface area contributed by atoms with Crippen LogP contribution in [0.1, 0.15) is 19.4 Å². The topological polar surface area (TPSA) is 71.5 Å². The average molecular weight is 273 g/mol. The molecule has 1 N–H and O–H groups in total. The lowest BCUT2D eigenvalue weighted by molar-refractivity contribution is 0.391. The zero-order valence-electron chi connectivity index (χ0n) is 10.9. The molecule has 0 aromatic carbocycles. The van der Waals surface area contributed by atoms with Crippen molar-refractivity contribution in [3.63, 3.8) is 0 Å². The average Bonchev–Trinajstić information content (AvgIpc) is 2.38. The van der Waals surface area contributed by atoms with Gasteiger partial charge in [0.1, 0.15) is 0 Å². The molecule has 7 heteroatoms. The summed E-state index contributed by atoms with van der Waals surface area (Å²) in [7, 11) is -1.94. The van der Waals surface area contributed by atoms with Crippen molar-refractivity contribution in [1.82, 2.24) is 14.0 Å². The number of hydrogen-bond acceptors (Lipinski definition) is 4. The van der Waals surface area contributed by atoms with E-state index in [0.717, 1.165) is 0 Å². The van der Waals surface area contributed by atoms with Gasteiger partial charge in [0.25, 0.3) is 10.2 Å². The number of nitrogens with zero attached hydrogens (tertiary/aromatic N) is 2. The summed E-state index contributed by atoms with van der Waals surface area (Å²) in [6.07, 6.45) is 1.60. The molecule has 102 valence electrons. The van der Waals surface area contributed by atoms with Gasteiger partial charge in [0.05, 0.1) is 7.11 Å². The van der Waals surface area contributed by atoms with Crippen molar-refractivity contribution in [3.8, 4) is 5.88 Å². The number of nitrogens with one attached hydrogen (secondary N) is 1. The second-order valence-electron chi connectivity index (χ2n) is 3.58. The Kier molecular flexibility index (Phi) is 5.52. The predicted molar refractivity (Wildman–Crippen MR) is 69.5 cm³/mol. The van der Waals surface area contributed by atoms with E-state index in [1.165, 1.54) is 11.4 Å². The van der Waals surface area contributed by atoms with Crippen LogP contribution < -0.4 is 9.46 Å². The Bertz CT molecular complexity index is 472. The van der Waals surface area contributed by atoms with Gasteiger partial charge in [-0.1, -0.05) is 19.9 Å². The maximum absolute atomic E-state index is 11.9. The van der Waals surface area contributed by atoms with E-state index in [2.05, 4.69) is 9.71 Å². The van der Waals surface area contributed by atoms with Crippen LogP contribution in [0, 0.1) is 0 Å². The molecule has 6 nitrogen and oxygen atoms in total. The SMILES string of the molecule is CCN(CC)S(=O)(=O)NCc1cccnc1OC. The fourth-order valence-electron chi connectivity index (χ4n) is 1.57. The summed E-state index contributed by atoms with van der Waals surface area (Å²) in [6.45, 7) is 4.64. The van der Waals surface area contributed by atoms with Crippen LogP contribution in [0.15, 0.2) is 18.3 Å². The largest absolute Gasteiger partial charge is 0.481 e. The fourth-order valence-corrected chi connectivity index (χ4v) is 2.77. The van der Waals surface area contributed by atoms with E-state index in [9.17, 15) is 8.42 Å². The molecular formula is C11H19N3O3S. The molecule has 0 radical (unpaired) electrons. The highest BCUT2D eigenvalue weighted by Gasteiger charge is 2.18. The van der Waals surface area contributed by atoms with Crippen LogP contribution in [0.5, 0.6) is 5.88 Å². The standard InChI is InChI=1S/C11H19N3O3S/c1-4-14(5-2)18(15,16)13-9-10-7-6-8-12-11(10)17-3/h6-8,13H,4-5,9H2,1-3H3. The summed E-state index contributed by atoms with van der Waals surface area (Å²) >= 11 is 0. The molecule has 18 heavy (non-hydrogen) atoms.